The fourth-order valence-corrected chi connectivity index (χ4v) is 2.11. The summed E-state index contributed by atoms with van der Waals surface area (Å²) in [5, 5.41) is 11.9. The van der Waals surface area contributed by atoms with E-state index < -0.39 is 5.54 Å². The zero-order chi connectivity index (χ0) is 13.2. The highest BCUT2D eigenvalue weighted by atomic mass is 16.2. The SMILES string of the molecule is CCC(C)(C#N)NC(=O)C1CC1c1ccccc1. The van der Waals surface area contributed by atoms with Crippen LogP contribution in [0.3, 0.4) is 0 Å². The van der Waals surface area contributed by atoms with Crippen LogP contribution in [0.2, 0.25) is 0 Å². The molecule has 1 N–H and O–H groups in total. The molecule has 0 saturated heterocycles. The minimum absolute atomic E-state index is 0.00903. The Kier molecular flexibility index (Phi) is 3.38. The molecular weight excluding hydrogens is 224 g/mol. The smallest absolute Gasteiger partial charge is 0.224 e. The predicted octanol–water partition coefficient (Wildman–Crippen LogP) is 2.60. The molecule has 2 rings (SSSR count). The third kappa shape index (κ3) is 2.53. The van der Waals surface area contributed by atoms with Crippen LogP contribution in [0.1, 0.15) is 38.2 Å². The Morgan fingerprint density at radius 1 is 1.50 bits per heavy atom. The maximum atomic E-state index is 12.1. The van der Waals surface area contributed by atoms with Crippen LogP contribution in [0.4, 0.5) is 0 Å². The molecule has 1 aliphatic carbocycles. The van der Waals surface area contributed by atoms with E-state index in [9.17, 15) is 4.79 Å². The molecule has 0 spiro atoms. The summed E-state index contributed by atoms with van der Waals surface area (Å²) in [4.78, 5) is 12.1. The molecule has 3 nitrogen and oxygen atoms in total. The number of nitriles is 1. The van der Waals surface area contributed by atoms with E-state index in [1.165, 1.54) is 5.56 Å². The van der Waals surface area contributed by atoms with Gasteiger partial charge in [0.1, 0.15) is 5.54 Å². The van der Waals surface area contributed by atoms with Gasteiger partial charge in [0.15, 0.2) is 0 Å². The molecule has 94 valence electrons. The lowest BCUT2D eigenvalue weighted by atomic mass is 10.0. The van der Waals surface area contributed by atoms with Crippen molar-refractivity contribution in [3.05, 3.63) is 35.9 Å². The van der Waals surface area contributed by atoms with Crippen molar-refractivity contribution < 1.29 is 4.79 Å². The number of hydrogen-bond donors (Lipinski definition) is 1. The van der Waals surface area contributed by atoms with Gasteiger partial charge in [0, 0.05) is 5.92 Å². The molecule has 3 atom stereocenters. The Labute approximate surface area is 108 Å². The highest BCUT2D eigenvalue weighted by Crippen LogP contribution is 2.47. The molecule has 18 heavy (non-hydrogen) atoms. The lowest BCUT2D eigenvalue weighted by molar-refractivity contribution is -0.123. The molecule has 0 aliphatic heterocycles. The van der Waals surface area contributed by atoms with E-state index in [1.54, 1.807) is 6.92 Å². The summed E-state index contributed by atoms with van der Waals surface area (Å²) in [6, 6.07) is 12.2. The third-order valence-corrected chi connectivity index (χ3v) is 3.71. The van der Waals surface area contributed by atoms with Crippen LogP contribution in [-0.4, -0.2) is 11.4 Å². The number of rotatable bonds is 4. The van der Waals surface area contributed by atoms with E-state index in [-0.39, 0.29) is 11.8 Å². The van der Waals surface area contributed by atoms with Gasteiger partial charge in [-0.25, -0.2) is 0 Å². The zero-order valence-electron chi connectivity index (χ0n) is 10.8. The van der Waals surface area contributed by atoms with Crippen LogP contribution in [0.5, 0.6) is 0 Å². The number of nitrogens with zero attached hydrogens (tertiary/aromatic N) is 1. The maximum Gasteiger partial charge on any atom is 0.224 e. The molecule has 1 fully saturated rings. The van der Waals surface area contributed by atoms with E-state index in [4.69, 9.17) is 5.26 Å². The second kappa shape index (κ2) is 4.81. The van der Waals surface area contributed by atoms with Crippen molar-refractivity contribution in [2.45, 2.75) is 38.1 Å². The van der Waals surface area contributed by atoms with Crippen LogP contribution in [0.15, 0.2) is 30.3 Å². The van der Waals surface area contributed by atoms with Gasteiger partial charge in [-0.3, -0.25) is 4.79 Å². The minimum Gasteiger partial charge on any atom is -0.338 e. The summed E-state index contributed by atoms with van der Waals surface area (Å²) in [7, 11) is 0. The van der Waals surface area contributed by atoms with Crippen LogP contribution in [0, 0.1) is 17.2 Å². The van der Waals surface area contributed by atoms with Gasteiger partial charge in [0.25, 0.3) is 0 Å². The monoisotopic (exact) mass is 242 g/mol. The summed E-state index contributed by atoms with van der Waals surface area (Å²) < 4.78 is 0. The number of carbonyl (C=O) groups is 1. The first-order chi connectivity index (χ1) is 8.59. The Morgan fingerprint density at radius 3 is 2.72 bits per heavy atom. The molecule has 0 aromatic heterocycles. The summed E-state index contributed by atoms with van der Waals surface area (Å²) in [5.74, 6) is 0.368. The molecule has 1 aliphatic rings. The molecule has 0 heterocycles. The topological polar surface area (TPSA) is 52.9 Å². The van der Waals surface area contributed by atoms with Gasteiger partial charge >= 0.3 is 0 Å². The first-order valence-corrected chi connectivity index (χ1v) is 6.38. The van der Waals surface area contributed by atoms with Crippen LogP contribution in [-0.2, 0) is 4.79 Å². The standard InChI is InChI=1S/C15H18N2O/c1-3-15(2,10-16)17-14(18)13-9-12(13)11-7-5-4-6-8-11/h4-8,12-13H,3,9H2,1-2H3,(H,17,18). The van der Waals surface area contributed by atoms with Crippen molar-refractivity contribution in [2.24, 2.45) is 5.92 Å². The normalized spacial score (nSPS) is 24.7. The number of benzene rings is 1. The van der Waals surface area contributed by atoms with E-state index in [1.807, 2.05) is 25.1 Å². The lowest BCUT2D eigenvalue weighted by Gasteiger charge is -2.21. The quantitative estimate of drug-likeness (QED) is 0.882. The lowest BCUT2D eigenvalue weighted by Crippen LogP contribution is -2.45. The highest BCUT2D eigenvalue weighted by Gasteiger charge is 2.45. The molecular formula is C15H18N2O. The van der Waals surface area contributed by atoms with E-state index >= 15 is 0 Å². The molecule has 1 aromatic rings. The average Bonchev–Trinajstić information content (AvgIpc) is 3.20. The maximum absolute atomic E-state index is 12.1. The fourth-order valence-electron chi connectivity index (χ4n) is 2.11. The average molecular weight is 242 g/mol. The molecule has 1 aromatic carbocycles. The third-order valence-electron chi connectivity index (χ3n) is 3.71. The number of amides is 1. The van der Waals surface area contributed by atoms with Gasteiger partial charge in [0.2, 0.25) is 5.91 Å². The van der Waals surface area contributed by atoms with Crippen molar-refractivity contribution in [1.29, 1.82) is 5.26 Å². The van der Waals surface area contributed by atoms with Gasteiger partial charge in [-0.15, -0.1) is 0 Å². The van der Waals surface area contributed by atoms with Crippen molar-refractivity contribution in [3.63, 3.8) is 0 Å². The van der Waals surface area contributed by atoms with Crippen molar-refractivity contribution >= 4 is 5.91 Å². The fraction of sp³-hybridized carbons (Fsp3) is 0.467. The summed E-state index contributed by atoms with van der Waals surface area (Å²) in [6.07, 6.45) is 1.51. The van der Waals surface area contributed by atoms with Gasteiger partial charge in [0.05, 0.1) is 6.07 Å². The van der Waals surface area contributed by atoms with E-state index in [0.717, 1.165) is 6.42 Å². The van der Waals surface area contributed by atoms with Crippen molar-refractivity contribution in [2.75, 3.05) is 0 Å². The van der Waals surface area contributed by atoms with E-state index in [2.05, 4.69) is 23.5 Å². The molecule has 0 bridgehead atoms. The minimum atomic E-state index is -0.735. The second-order valence-electron chi connectivity index (χ2n) is 5.15. The Hall–Kier alpha value is -1.82. The van der Waals surface area contributed by atoms with Crippen molar-refractivity contribution in [1.82, 2.24) is 5.32 Å². The van der Waals surface area contributed by atoms with Crippen LogP contribution >= 0.6 is 0 Å². The first kappa shape index (κ1) is 12.6. The molecule has 3 unspecified atom stereocenters. The van der Waals surface area contributed by atoms with E-state index in [0.29, 0.717) is 12.3 Å². The summed E-state index contributed by atoms with van der Waals surface area (Å²) in [5.41, 5.74) is 0.480. The molecule has 1 saturated carbocycles. The Morgan fingerprint density at radius 2 is 2.17 bits per heavy atom. The van der Waals surface area contributed by atoms with Gasteiger partial charge in [-0.05, 0) is 31.2 Å². The van der Waals surface area contributed by atoms with Gasteiger partial charge in [-0.2, -0.15) is 5.26 Å². The van der Waals surface area contributed by atoms with Gasteiger partial charge in [-0.1, -0.05) is 37.3 Å². The summed E-state index contributed by atoms with van der Waals surface area (Å²) >= 11 is 0. The van der Waals surface area contributed by atoms with Gasteiger partial charge < -0.3 is 5.32 Å². The largest absolute Gasteiger partial charge is 0.338 e. The molecule has 3 heteroatoms. The van der Waals surface area contributed by atoms with Crippen LogP contribution in [0.25, 0.3) is 0 Å². The number of carbonyl (C=O) groups excluding carboxylic acids is 1. The van der Waals surface area contributed by atoms with Crippen molar-refractivity contribution in [3.8, 4) is 6.07 Å². The second-order valence-corrected chi connectivity index (χ2v) is 5.15. The Bertz CT molecular complexity index is 477. The number of nitrogens with one attached hydrogen (secondary N) is 1. The van der Waals surface area contributed by atoms with Crippen LogP contribution < -0.4 is 5.32 Å². The Balaban J connectivity index is 1.97. The summed E-state index contributed by atoms with van der Waals surface area (Å²) in [6.45, 7) is 3.68. The molecule has 1 amide bonds. The molecule has 0 radical (unpaired) electrons. The highest BCUT2D eigenvalue weighted by molar-refractivity contribution is 5.83. The number of hydrogen-bond acceptors (Lipinski definition) is 2. The first-order valence-electron chi connectivity index (χ1n) is 6.38. The zero-order valence-corrected chi connectivity index (χ0v) is 10.8. The predicted molar refractivity (Wildman–Crippen MR) is 69.7 cm³/mol.